The molecular weight excluding hydrogens is 350 g/mol. The van der Waals surface area contributed by atoms with E-state index in [1.54, 1.807) is 11.8 Å². The van der Waals surface area contributed by atoms with E-state index in [9.17, 15) is 9.90 Å². The molecule has 1 aromatic heterocycles. The molecule has 0 aliphatic rings. The number of rotatable bonds is 7. The minimum atomic E-state index is -0.988. The van der Waals surface area contributed by atoms with Gasteiger partial charge in [-0.05, 0) is 23.3 Å². The van der Waals surface area contributed by atoms with Gasteiger partial charge in [-0.25, -0.2) is 9.78 Å². The van der Waals surface area contributed by atoms with Crippen LogP contribution in [0.4, 0.5) is 0 Å². The fraction of sp³-hybridized carbons (Fsp3) is 0.100. The Bertz CT molecular complexity index is 839. The number of benzene rings is 2. The Labute approximate surface area is 155 Å². The van der Waals surface area contributed by atoms with Crippen molar-refractivity contribution in [3.63, 3.8) is 0 Å². The maximum absolute atomic E-state index is 11.6. The molecule has 0 saturated carbocycles. The van der Waals surface area contributed by atoms with Crippen molar-refractivity contribution in [1.82, 2.24) is 4.98 Å². The number of carbonyl (C=O) groups is 1. The van der Waals surface area contributed by atoms with Gasteiger partial charge in [0.15, 0.2) is 5.69 Å². The van der Waals surface area contributed by atoms with Crippen molar-refractivity contribution >= 4 is 29.5 Å². The van der Waals surface area contributed by atoms with E-state index in [2.05, 4.69) is 17.1 Å². The second-order valence-corrected chi connectivity index (χ2v) is 7.36. The van der Waals surface area contributed by atoms with Crippen molar-refractivity contribution in [3.8, 4) is 0 Å². The van der Waals surface area contributed by atoms with Crippen LogP contribution in [0.3, 0.4) is 0 Å². The third kappa shape index (κ3) is 5.11. The zero-order chi connectivity index (χ0) is 17.5. The fourth-order valence-corrected chi connectivity index (χ4v) is 4.02. The third-order valence-electron chi connectivity index (χ3n) is 3.50. The molecule has 1 heterocycles. The van der Waals surface area contributed by atoms with Crippen LogP contribution in [0.15, 0.2) is 82.7 Å². The van der Waals surface area contributed by atoms with Gasteiger partial charge in [-0.3, -0.25) is 0 Å². The van der Waals surface area contributed by atoms with Crippen molar-refractivity contribution in [2.75, 3.05) is 0 Å². The van der Waals surface area contributed by atoms with Crippen LogP contribution in [0.1, 0.15) is 21.6 Å². The number of nitrogens with zero attached hydrogens (tertiary/aromatic N) is 1. The van der Waals surface area contributed by atoms with Crippen molar-refractivity contribution in [2.24, 2.45) is 0 Å². The largest absolute Gasteiger partial charge is 0.476 e. The predicted molar refractivity (Wildman–Crippen MR) is 103 cm³/mol. The Morgan fingerprint density at radius 1 is 0.800 bits per heavy atom. The minimum absolute atomic E-state index is 0.124. The molecule has 126 valence electrons. The summed E-state index contributed by atoms with van der Waals surface area (Å²) >= 11 is 3.04. The van der Waals surface area contributed by atoms with Crippen LogP contribution in [-0.2, 0) is 11.5 Å². The van der Waals surface area contributed by atoms with E-state index in [1.807, 2.05) is 60.7 Å². The van der Waals surface area contributed by atoms with Gasteiger partial charge in [-0.2, -0.15) is 0 Å². The van der Waals surface area contributed by atoms with Crippen molar-refractivity contribution in [1.29, 1.82) is 0 Å². The number of aromatic nitrogens is 1. The summed E-state index contributed by atoms with van der Waals surface area (Å²) in [5.74, 6) is 0.501. The van der Waals surface area contributed by atoms with Crippen molar-refractivity contribution in [2.45, 2.75) is 21.4 Å². The smallest absolute Gasteiger partial charge is 0.355 e. The van der Waals surface area contributed by atoms with Crippen molar-refractivity contribution in [3.05, 3.63) is 89.6 Å². The molecule has 5 heteroatoms. The van der Waals surface area contributed by atoms with Gasteiger partial charge in [0, 0.05) is 16.4 Å². The van der Waals surface area contributed by atoms with E-state index in [1.165, 1.54) is 17.3 Å². The Morgan fingerprint density at radius 2 is 1.36 bits per heavy atom. The molecule has 0 aliphatic carbocycles. The summed E-state index contributed by atoms with van der Waals surface area (Å²) < 4.78 is 0. The maximum atomic E-state index is 11.6. The summed E-state index contributed by atoms with van der Waals surface area (Å²) in [4.78, 5) is 16.6. The van der Waals surface area contributed by atoms with Crippen LogP contribution in [0.5, 0.6) is 0 Å². The predicted octanol–water partition coefficient (Wildman–Crippen LogP) is 5.36. The standard InChI is InChI=1S/C20H17NO2S2/c22-20(23)19-17(24-13-15-7-3-1-4-8-15)11-12-18(21-19)25-14-16-9-5-2-6-10-16/h1-12H,13-14H2,(H,22,23). The summed E-state index contributed by atoms with van der Waals surface area (Å²) in [5, 5.41) is 10.2. The molecule has 3 nitrogen and oxygen atoms in total. The maximum Gasteiger partial charge on any atom is 0.355 e. The van der Waals surface area contributed by atoms with Gasteiger partial charge < -0.3 is 5.11 Å². The first-order chi connectivity index (χ1) is 12.2. The van der Waals surface area contributed by atoms with Crippen molar-refractivity contribution < 1.29 is 9.90 Å². The lowest BCUT2D eigenvalue weighted by Crippen LogP contribution is -2.03. The summed E-state index contributed by atoms with van der Waals surface area (Å²) in [7, 11) is 0. The molecule has 25 heavy (non-hydrogen) atoms. The van der Waals surface area contributed by atoms with Gasteiger partial charge in [-0.15, -0.1) is 23.5 Å². The molecule has 0 amide bonds. The third-order valence-corrected chi connectivity index (χ3v) is 5.62. The number of aromatic carboxylic acids is 1. The van der Waals surface area contributed by atoms with Gasteiger partial charge in [0.2, 0.25) is 0 Å². The van der Waals surface area contributed by atoms with Crippen LogP contribution in [0.25, 0.3) is 0 Å². The zero-order valence-corrected chi connectivity index (χ0v) is 15.1. The molecule has 2 aromatic carbocycles. The Morgan fingerprint density at radius 3 is 1.92 bits per heavy atom. The molecule has 0 bridgehead atoms. The molecule has 0 unspecified atom stereocenters. The lowest BCUT2D eigenvalue weighted by Gasteiger charge is -2.08. The average Bonchev–Trinajstić information content (AvgIpc) is 2.66. The first-order valence-corrected chi connectivity index (χ1v) is 9.77. The van der Waals surface area contributed by atoms with Crippen LogP contribution < -0.4 is 0 Å². The van der Waals surface area contributed by atoms with Gasteiger partial charge >= 0.3 is 5.97 Å². The molecular formula is C20H17NO2S2. The molecule has 0 atom stereocenters. The monoisotopic (exact) mass is 367 g/mol. The molecule has 0 aliphatic heterocycles. The van der Waals surface area contributed by atoms with E-state index in [-0.39, 0.29) is 5.69 Å². The molecule has 0 spiro atoms. The second kappa shape index (κ2) is 8.74. The zero-order valence-electron chi connectivity index (χ0n) is 13.5. The highest BCUT2D eigenvalue weighted by atomic mass is 32.2. The fourth-order valence-electron chi connectivity index (χ4n) is 2.25. The van der Waals surface area contributed by atoms with E-state index in [0.29, 0.717) is 4.90 Å². The van der Waals surface area contributed by atoms with Crippen LogP contribution in [-0.4, -0.2) is 16.1 Å². The number of carboxylic acid groups (broad SMARTS) is 1. The molecule has 0 radical (unpaired) electrons. The van der Waals surface area contributed by atoms with E-state index < -0.39 is 5.97 Å². The van der Waals surface area contributed by atoms with Crippen LogP contribution in [0.2, 0.25) is 0 Å². The lowest BCUT2D eigenvalue weighted by atomic mass is 10.2. The molecule has 1 N–H and O–H groups in total. The minimum Gasteiger partial charge on any atom is -0.476 e. The molecule has 3 aromatic rings. The van der Waals surface area contributed by atoms with Gasteiger partial charge in [0.25, 0.3) is 0 Å². The topological polar surface area (TPSA) is 50.2 Å². The summed E-state index contributed by atoms with van der Waals surface area (Å²) in [6.07, 6.45) is 0. The normalized spacial score (nSPS) is 10.6. The Hall–Kier alpha value is -2.24. The summed E-state index contributed by atoms with van der Waals surface area (Å²) in [6.45, 7) is 0. The quantitative estimate of drug-likeness (QED) is 0.569. The Balaban J connectivity index is 1.70. The highest BCUT2D eigenvalue weighted by molar-refractivity contribution is 7.99. The average molecular weight is 367 g/mol. The van der Waals surface area contributed by atoms with Crippen LogP contribution >= 0.6 is 23.5 Å². The highest BCUT2D eigenvalue weighted by Crippen LogP contribution is 2.29. The first-order valence-electron chi connectivity index (χ1n) is 7.80. The summed E-state index contributed by atoms with van der Waals surface area (Å²) in [5.41, 5.74) is 2.47. The van der Waals surface area contributed by atoms with Gasteiger partial charge in [0.05, 0.1) is 5.03 Å². The SMILES string of the molecule is O=C(O)c1nc(SCc2ccccc2)ccc1SCc1ccccc1. The van der Waals surface area contributed by atoms with Gasteiger partial charge in [-0.1, -0.05) is 60.7 Å². The molecule has 3 rings (SSSR count). The number of hydrogen-bond acceptors (Lipinski definition) is 4. The molecule has 0 saturated heterocycles. The molecule has 0 fully saturated rings. The lowest BCUT2D eigenvalue weighted by molar-refractivity contribution is 0.0685. The number of carboxylic acids is 1. The van der Waals surface area contributed by atoms with E-state index >= 15 is 0 Å². The van der Waals surface area contributed by atoms with Crippen LogP contribution in [0, 0.1) is 0 Å². The second-order valence-electron chi connectivity index (χ2n) is 5.35. The van der Waals surface area contributed by atoms with Gasteiger partial charge in [0.1, 0.15) is 0 Å². The number of pyridine rings is 1. The summed E-state index contributed by atoms with van der Waals surface area (Å²) in [6, 6.07) is 23.8. The van der Waals surface area contributed by atoms with E-state index in [4.69, 9.17) is 0 Å². The van der Waals surface area contributed by atoms with E-state index in [0.717, 1.165) is 22.1 Å². The number of thioether (sulfide) groups is 2. The highest BCUT2D eigenvalue weighted by Gasteiger charge is 2.14. The number of hydrogen-bond donors (Lipinski definition) is 1. The Kier molecular flexibility index (Phi) is 6.14. The first kappa shape index (κ1) is 17.6.